The minimum Gasteiger partial charge on any atom is -0.352 e. The summed E-state index contributed by atoms with van der Waals surface area (Å²) < 4.78 is 38.4. The molecule has 4 nitrogen and oxygen atoms in total. The third-order valence-corrected chi connectivity index (χ3v) is 4.93. The average molecular weight is 369 g/mol. The molecular weight excluding hydrogens is 351 g/mol. The Morgan fingerprint density at radius 2 is 2.24 bits per heavy atom. The number of nitrogens with one attached hydrogen (secondary N) is 2. The number of carbonyl (C=O) groups excluding carboxylic acids is 1. The first-order chi connectivity index (χ1) is 11.9. The van der Waals surface area contributed by atoms with Crippen molar-refractivity contribution < 1.29 is 18.0 Å². The van der Waals surface area contributed by atoms with Gasteiger partial charge in [-0.3, -0.25) is 4.79 Å². The summed E-state index contributed by atoms with van der Waals surface area (Å²) >= 11 is 1.24. The molecule has 2 aromatic rings. The molecule has 1 fully saturated rings. The summed E-state index contributed by atoms with van der Waals surface area (Å²) in [6.07, 6.45) is -2.28. The fourth-order valence-electron chi connectivity index (χ4n) is 2.77. The molecule has 1 aromatic carbocycles. The van der Waals surface area contributed by atoms with Crippen LogP contribution in [0.3, 0.4) is 0 Å². The molecule has 0 spiro atoms. The van der Waals surface area contributed by atoms with Crippen molar-refractivity contribution in [2.45, 2.75) is 31.5 Å². The molecule has 1 aromatic heterocycles. The summed E-state index contributed by atoms with van der Waals surface area (Å²) in [5.41, 5.74) is 0.269. The van der Waals surface area contributed by atoms with Gasteiger partial charge in [-0.25, -0.2) is 4.98 Å². The van der Waals surface area contributed by atoms with E-state index in [4.69, 9.17) is 0 Å². The van der Waals surface area contributed by atoms with Crippen molar-refractivity contribution in [3.63, 3.8) is 0 Å². The third kappa shape index (κ3) is 4.79. The maximum atomic E-state index is 12.8. The molecule has 0 aliphatic carbocycles. The number of aromatic nitrogens is 1. The molecule has 3 rings (SSSR count). The standard InChI is InChI=1S/C17H18F3N3OS/c18-17(19,20)12-4-1-3-11(7-12)16-23-14(10-25-16)8-15(24)22-13-5-2-6-21-9-13/h1,3-4,7,10,13,21H,2,5-6,8-9H2,(H,22,24). The summed E-state index contributed by atoms with van der Waals surface area (Å²) in [4.78, 5) is 16.4. The average Bonchev–Trinajstić information content (AvgIpc) is 3.03. The molecule has 1 atom stereocenters. The van der Waals surface area contributed by atoms with Crippen LogP contribution in [0.15, 0.2) is 29.6 Å². The second-order valence-electron chi connectivity index (χ2n) is 6.01. The quantitative estimate of drug-likeness (QED) is 0.870. The highest BCUT2D eigenvalue weighted by atomic mass is 32.1. The Kier molecular flexibility index (Phi) is 5.39. The topological polar surface area (TPSA) is 54.0 Å². The Hall–Kier alpha value is -1.93. The van der Waals surface area contributed by atoms with E-state index in [1.807, 2.05) is 0 Å². The molecule has 0 radical (unpaired) electrons. The summed E-state index contributed by atoms with van der Waals surface area (Å²) in [7, 11) is 0. The summed E-state index contributed by atoms with van der Waals surface area (Å²) in [6, 6.07) is 5.19. The molecular formula is C17H18F3N3OS. The smallest absolute Gasteiger partial charge is 0.352 e. The van der Waals surface area contributed by atoms with Crippen LogP contribution in [0.25, 0.3) is 10.6 Å². The molecule has 2 N–H and O–H groups in total. The Bertz CT molecular complexity index is 739. The lowest BCUT2D eigenvalue weighted by molar-refractivity contribution is -0.137. The van der Waals surface area contributed by atoms with E-state index in [-0.39, 0.29) is 18.4 Å². The van der Waals surface area contributed by atoms with Gasteiger partial charge < -0.3 is 10.6 Å². The Morgan fingerprint density at radius 3 is 2.96 bits per heavy atom. The first kappa shape index (κ1) is 17.9. The zero-order valence-electron chi connectivity index (χ0n) is 13.4. The van der Waals surface area contributed by atoms with Gasteiger partial charge >= 0.3 is 6.18 Å². The van der Waals surface area contributed by atoms with Gasteiger partial charge in [0.15, 0.2) is 0 Å². The highest BCUT2D eigenvalue weighted by molar-refractivity contribution is 7.13. The highest BCUT2D eigenvalue weighted by Gasteiger charge is 2.30. The van der Waals surface area contributed by atoms with Crippen LogP contribution in [0.1, 0.15) is 24.1 Å². The number of halogens is 3. The van der Waals surface area contributed by atoms with Crippen LogP contribution in [-0.2, 0) is 17.4 Å². The van der Waals surface area contributed by atoms with E-state index in [1.54, 1.807) is 11.4 Å². The number of thiazole rings is 1. The number of hydrogen-bond donors (Lipinski definition) is 2. The number of piperidine rings is 1. The van der Waals surface area contributed by atoms with Gasteiger partial charge in [0.1, 0.15) is 5.01 Å². The minimum atomic E-state index is -4.38. The number of rotatable bonds is 4. The van der Waals surface area contributed by atoms with Gasteiger partial charge in [0.25, 0.3) is 0 Å². The predicted molar refractivity (Wildman–Crippen MR) is 90.3 cm³/mol. The number of nitrogens with zero attached hydrogens (tertiary/aromatic N) is 1. The van der Waals surface area contributed by atoms with Gasteiger partial charge in [-0.05, 0) is 31.5 Å². The molecule has 2 heterocycles. The zero-order chi connectivity index (χ0) is 17.9. The van der Waals surface area contributed by atoms with Crippen molar-refractivity contribution in [3.05, 3.63) is 40.9 Å². The lowest BCUT2D eigenvalue weighted by Gasteiger charge is -2.23. The Labute approximate surface area is 147 Å². The number of hydrogen-bond acceptors (Lipinski definition) is 4. The SMILES string of the molecule is O=C(Cc1csc(-c2cccc(C(F)(F)F)c2)n1)NC1CCCNC1. The van der Waals surface area contributed by atoms with Crippen LogP contribution in [0, 0.1) is 0 Å². The van der Waals surface area contributed by atoms with Crippen LogP contribution in [-0.4, -0.2) is 30.0 Å². The summed E-state index contributed by atoms with van der Waals surface area (Å²) in [6.45, 7) is 1.73. The van der Waals surface area contributed by atoms with E-state index in [2.05, 4.69) is 15.6 Å². The summed E-state index contributed by atoms with van der Waals surface area (Å²) in [5.74, 6) is -0.116. The number of alkyl halides is 3. The van der Waals surface area contributed by atoms with Gasteiger partial charge in [-0.15, -0.1) is 11.3 Å². The fourth-order valence-corrected chi connectivity index (χ4v) is 3.58. The van der Waals surface area contributed by atoms with Crippen molar-refractivity contribution in [2.24, 2.45) is 0 Å². The molecule has 0 saturated carbocycles. The normalized spacial score (nSPS) is 18.1. The van der Waals surface area contributed by atoms with E-state index < -0.39 is 11.7 Å². The first-order valence-corrected chi connectivity index (χ1v) is 8.92. The highest BCUT2D eigenvalue weighted by Crippen LogP contribution is 2.33. The van der Waals surface area contributed by atoms with Crippen molar-refractivity contribution in [2.75, 3.05) is 13.1 Å². The lowest BCUT2D eigenvalue weighted by Crippen LogP contribution is -2.46. The minimum absolute atomic E-state index is 0.116. The Balaban J connectivity index is 1.65. The number of amides is 1. The summed E-state index contributed by atoms with van der Waals surface area (Å²) in [5, 5.41) is 8.38. The Morgan fingerprint density at radius 1 is 1.40 bits per heavy atom. The van der Waals surface area contributed by atoms with Gasteiger partial charge in [0.05, 0.1) is 17.7 Å². The van der Waals surface area contributed by atoms with E-state index in [0.717, 1.165) is 38.1 Å². The maximum absolute atomic E-state index is 12.8. The van der Waals surface area contributed by atoms with Gasteiger partial charge in [0, 0.05) is 23.5 Å². The van der Waals surface area contributed by atoms with E-state index in [1.165, 1.54) is 17.4 Å². The molecule has 1 amide bonds. The van der Waals surface area contributed by atoms with Crippen molar-refractivity contribution >= 4 is 17.2 Å². The second-order valence-corrected chi connectivity index (χ2v) is 6.87. The van der Waals surface area contributed by atoms with E-state index >= 15 is 0 Å². The van der Waals surface area contributed by atoms with Crippen molar-refractivity contribution in [3.8, 4) is 10.6 Å². The largest absolute Gasteiger partial charge is 0.416 e. The maximum Gasteiger partial charge on any atom is 0.416 e. The first-order valence-electron chi connectivity index (χ1n) is 8.04. The monoisotopic (exact) mass is 369 g/mol. The van der Waals surface area contributed by atoms with Crippen LogP contribution >= 0.6 is 11.3 Å². The number of carbonyl (C=O) groups is 1. The molecule has 1 aliphatic heterocycles. The molecule has 1 saturated heterocycles. The van der Waals surface area contributed by atoms with E-state index in [0.29, 0.717) is 16.3 Å². The van der Waals surface area contributed by atoms with Gasteiger partial charge in [0.2, 0.25) is 5.91 Å². The zero-order valence-corrected chi connectivity index (χ0v) is 14.2. The van der Waals surface area contributed by atoms with Crippen LogP contribution in [0.5, 0.6) is 0 Å². The molecule has 1 unspecified atom stereocenters. The molecule has 134 valence electrons. The second kappa shape index (κ2) is 7.53. The molecule has 1 aliphatic rings. The van der Waals surface area contributed by atoms with Gasteiger partial charge in [-0.2, -0.15) is 13.2 Å². The van der Waals surface area contributed by atoms with Gasteiger partial charge in [-0.1, -0.05) is 12.1 Å². The molecule has 0 bridgehead atoms. The predicted octanol–water partition coefficient (Wildman–Crippen LogP) is 3.24. The van der Waals surface area contributed by atoms with Crippen LogP contribution in [0.2, 0.25) is 0 Å². The van der Waals surface area contributed by atoms with E-state index in [9.17, 15) is 18.0 Å². The van der Waals surface area contributed by atoms with Crippen LogP contribution in [0.4, 0.5) is 13.2 Å². The third-order valence-electron chi connectivity index (χ3n) is 3.99. The van der Waals surface area contributed by atoms with Crippen LogP contribution < -0.4 is 10.6 Å². The fraction of sp³-hybridized carbons (Fsp3) is 0.412. The van der Waals surface area contributed by atoms with Crippen molar-refractivity contribution in [1.82, 2.24) is 15.6 Å². The molecule has 8 heteroatoms. The molecule has 25 heavy (non-hydrogen) atoms. The lowest BCUT2D eigenvalue weighted by atomic mass is 10.1. The van der Waals surface area contributed by atoms with Crippen molar-refractivity contribution in [1.29, 1.82) is 0 Å². The number of benzene rings is 1.